The normalized spacial score (nSPS) is 9.54. The van der Waals surface area contributed by atoms with Gasteiger partial charge < -0.3 is 10.2 Å². The summed E-state index contributed by atoms with van der Waals surface area (Å²) in [5.41, 5.74) is 5.33. The Morgan fingerprint density at radius 3 is 2.92 bits per heavy atom. The van der Waals surface area contributed by atoms with Crippen LogP contribution in [-0.2, 0) is 6.54 Å². The molecule has 3 heteroatoms. The molecule has 0 aliphatic rings. The van der Waals surface area contributed by atoms with E-state index in [0.717, 1.165) is 0 Å². The van der Waals surface area contributed by atoms with Gasteiger partial charge in [-0.25, -0.2) is 0 Å². The number of ketones is 1. The Balaban J connectivity index is 2.62. The maximum Gasteiger partial charge on any atom is 0.198 e. The van der Waals surface area contributed by atoms with Crippen LogP contribution in [0.4, 0.5) is 0 Å². The molecule has 1 heterocycles. The number of hydrogen-bond donors (Lipinski definition) is 1. The zero-order valence-electron chi connectivity index (χ0n) is 7.25. The van der Waals surface area contributed by atoms with Gasteiger partial charge in [-0.2, -0.15) is 0 Å². The fraction of sp³-hybridized carbons (Fsp3) is 0.300. The van der Waals surface area contributed by atoms with Crippen molar-refractivity contribution in [2.75, 3.05) is 0 Å². The molecule has 68 valence electrons. The smallest absolute Gasteiger partial charge is 0.198 e. The van der Waals surface area contributed by atoms with Gasteiger partial charge in [0.15, 0.2) is 11.5 Å². The molecule has 0 fully saturated rings. The Labute approximate surface area is 76.9 Å². The van der Waals surface area contributed by atoms with Crippen molar-refractivity contribution in [3.8, 4) is 12.3 Å². The summed E-state index contributed by atoms with van der Waals surface area (Å²) in [6.07, 6.45) is 5.80. The van der Waals surface area contributed by atoms with Crippen molar-refractivity contribution in [3.63, 3.8) is 0 Å². The van der Waals surface area contributed by atoms with E-state index in [2.05, 4.69) is 5.92 Å². The van der Waals surface area contributed by atoms with Crippen molar-refractivity contribution in [2.24, 2.45) is 5.73 Å². The molecule has 13 heavy (non-hydrogen) atoms. The third-order valence-corrected chi connectivity index (χ3v) is 1.63. The highest BCUT2D eigenvalue weighted by Gasteiger charge is 2.09. The minimum atomic E-state index is -0.0716. The molecule has 0 aliphatic carbocycles. The first kappa shape index (κ1) is 9.56. The zero-order chi connectivity index (χ0) is 9.68. The molecule has 0 unspecified atom stereocenters. The predicted molar refractivity (Wildman–Crippen MR) is 49.0 cm³/mol. The third-order valence-electron chi connectivity index (χ3n) is 1.63. The van der Waals surface area contributed by atoms with E-state index in [1.807, 2.05) is 0 Å². The topological polar surface area (TPSA) is 56.2 Å². The highest BCUT2D eigenvalue weighted by Crippen LogP contribution is 2.10. The molecule has 1 aromatic heterocycles. The number of nitrogens with two attached hydrogens (primary N) is 1. The first-order chi connectivity index (χ1) is 6.27. The van der Waals surface area contributed by atoms with Gasteiger partial charge in [-0.05, 0) is 12.1 Å². The van der Waals surface area contributed by atoms with Gasteiger partial charge in [0.2, 0.25) is 0 Å². The number of hydrogen-bond acceptors (Lipinski definition) is 3. The van der Waals surface area contributed by atoms with Crippen molar-refractivity contribution < 1.29 is 9.21 Å². The number of terminal acetylenes is 1. The fourth-order valence-corrected chi connectivity index (χ4v) is 0.946. The van der Waals surface area contributed by atoms with Crippen LogP contribution in [0.5, 0.6) is 0 Å². The van der Waals surface area contributed by atoms with Crippen LogP contribution in [0.2, 0.25) is 0 Å². The molecule has 1 rings (SSSR count). The number of carbonyl (C=O) groups is 1. The quantitative estimate of drug-likeness (QED) is 0.557. The second-order valence-electron chi connectivity index (χ2n) is 2.60. The van der Waals surface area contributed by atoms with Gasteiger partial charge >= 0.3 is 0 Å². The lowest BCUT2D eigenvalue weighted by Gasteiger charge is -1.92. The van der Waals surface area contributed by atoms with E-state index in [1.165, 1.54) is 0 Å². The summed E-state index contributed by atoms with van der Waals surface area (Å²) in [5, 5.41) is 0. The van der Waals surface area contributed by atoms with E-state index < -0.39 is 0 Å². The minimum Gasteiger partial charge on any atom is -0.457 e. The van der Waals surface area contributed by atoms with Gasteiger partial charge in [0.1, 0.15) is 5.76 Å². The average Bonchev–Trinajstić information content (AvgIpc) is 2.62. The Bertz CT molecular complexity index is 333. The maximum absolute atomic E-state index is 11.3. The highest BCUT2D eigenvalue weighted by atomic mass is 16.3. The second kappa shape index (κ2) is 4.48. The monoisotopic (exact) mass is 177 g/mol. The molecule has 0 aromatic carbocycles. The molecule has 2 N–H and O–H groups in total. The molecule has 0 atom stereocenters. The first-order valence-electron chi connectivity index (χ1n) is 4.03. The summed E-state index contributed by atoms with van der Waals surface area (Å²) in [7, 11) is 0. The van der Waals surface area contributed by atoms with Crippen LogP contribution in [0.25, 0.3) is 0 Å². The van der Waals surface area contributed by atoms with E-state index >= 15 is 0 Å². The lowest BCUT2D eigenvalue weighted by Crippen LogP contribution is -1.97. The summed E-state index contributed by atoms with van der Waals surface area (Å²) >= 11 is 0. The van der Waals surface area contributed by atoms with Crippen molar-refractivity contribution in [1.82, 2.24) is 0 Å². The van der Waals surface area contributed by atoms with E-state index in [9.17, 15) is 4.79 Å². The SMILES string of the molecule is C#CCCC(=O)c1ccc(CN)o1. The molecule has 0 spiro atoms. The molecule has 0 aliphatic heterocycles. The molecule has 0 saturated carbocycles. The van der Waals surface area contributed by atoms with E-state index in [1.54, 1.807) is 12.1 Å². The summed E-state index contributed by atoms with van der Waals surface area (Å²) in [6, 6.07) is 3.32. The summed E-state index contributed by atoms with van der Waals surface area (Å²) in [5.74, 6) is 3.29. The maximum atomic E-state index is 11.3. The van der Waals surface area contributed by atoms with Gasteiger partial charge in [0, 0.05) is 12.8 Å². The minimum absolute atomic E-state index is 0.0716. The lowest BCUT2D eigenvalue weighted by atomic mass is 10.2. The molecular weight excluding hydrogens is 166 g/mol. The highest BCUT2D eigenvalue weighted by molar-refractivity contribution is 5.93. The van der Waals surface area contributed by atoms with Gasteiger partial charge in [-0.1, -0.05) is 0 Å². The van der Waals surface area contributed by atoms with Crippen LogP contribution in [0, 0.1) is 12.3 Å². The van der Waals surface area contributed by atoms with E-state index in [0.29, 0.717) is 30.9 Å². The van der Waals surface area contributed by atoms with Crippen LogP contribution < -0.4 is 5.73 Å². The Hall–Kier alpha value is -1.53. The van der Waals surface area contributed by atoms with Crippen LogP contribution in [0.1, 0.15) is 29.2 Å². The van der Waals surface area contributed by atoms with Crippen LogP contribution >= 0.6 is 0 Å². The third kappa shape index (κ3) is 2.46. The Kier molecular flexibility index (Phi) is 3.30. The van der Waals surface area contributed by atoms with Gasteiger partial charge in [0.25, 0.3) is 0 Å². The number of Topliss-reactive ketones (excluding diaryl/α,β-unsaturated/α-hetero) is 1. The largest absolute Gasteiger partial charge is 0.457 e. The summed E-state index contributed by atoms with van der Waals surface area (Å²) in [6.45, 7) is 0.308. The molecule has 1 aromatic rings. The number of furan rings is 1. The van der Waals surface area contributed by atoms with Crippen molar-refractivity contribution >= 4 is 5.78 Å². The molecule has 0 bridgehead atoms. The number of carbonyl (C=O) groups excluding carboxylic acids is 1. The molecular formula is C10H11NO2. The molecule has 0 radical (unpaired) electrons. The van der Waals surface area contributed by atoms with Crippen molar-refractivity contribution in [1.29, 1.82) is 0 Å². The van der Waals surface area contributed by atoms with Crippen LogP contribution in [-0.4, -0.2) is 5.78 Å². The van der Waals surface area contributed by atoms with Gasteiger partial charge in [0.05, 0.1) is 6.54 Å². The van der Waals surface area contributed by atoms with Gasteiger partial charge in [-0.3, -0.25) is 4.79 Å². The van der Waals surface area contributed by atoms with E-state index in [-0.39, 0.29) is 5.78 Å². The van der Waals surface area contributed by atoms with Gasteiger partial charge in [-0.15, -0.1) is 12.3 Å². The Morgan fingerprint density at radius 2 is 2.38 bits per heavy atom. The second-order valence-corrected chi connectivity index (χ2v) is 2.60. The summed E-state index contributed by atoms with van der Waals surface area (Å²) in [4.78, 5) is 11.3. The standard InChI is InChI=1S/C10H11NO2/c1-2-3-4-9(12)10-6-5-8(7-11)13-10/h1,5-6H,3-4,7,11H2. The predicted octanol–water partition coefficient (Wildman–Crippen LogP) is 1.33. The fourth-order valence-electron chi connectivity index (χ4n) is 0.946. The van der Waals surface area contributed by atoms with E-state index in [4.69, 9.17) is 16.6 Å². The number of rotatable bonds is 4. The van der Waals surface area contributed by atoms with Crippen LogP contribution in [0.3, 0.4) is 0 Å². The lowest BCUT2D eigenvalue weighted by molar-refractivity contribution is 0.0956. The molecule has 0 saturated heterocycles. The zero-order valence-corrected chi connectivity index (χ0v) is 7.25. The Morgan fingerprint density at radius 1 is 1.62 bits per heavy atom. The van der Waals surface area contributed by atoms with Crippen molar-refractivity contribution in [3.05, 3.63) is 23.7 Å². The van der Waals surface area contributed by atoms with Crippen LogP contribution in [0.15, 0.2) is 16.5 Å². The molecule has 0 amide bonds. The molecule has 3 nitrogen and oxygen atoms in total. The average molecular weight is 177 g/mol. The summed E-state index contributed by atoms with van der Waals surface area (Å²) < 4.78 is 5.15. The van der Waals surface area contributed by atoms with Crippen molar-refractivity contribution in [2.45, 2.75) is 19.4 Å². The first-order valence-corrected chi connectivity index (χ1v) is 4.03.